The number of carbonyl (C=O) groups is 1. The van der Waals surface area contributed by atoms with E-state index in [1.165, 1.54) is 13.0 Å². The summed E-state index contributed by atoms with van der Waals surface area (Å²) in [7, 11) is 0. The maximum absolute atomic E-state index is 12.7. The monoisotopic (exact) mass is 253 g/mol. The van der Waals surface area contributed by atoms with Crippen molar-refractivity contribution in [3.8, 4) is 6.07 Å². The molecule has 1 rings (SSSR count). The van der Waals surface area contributed by atoms with Gasteiger partial charge in [-0.25, -0.2) is 8.78 Å². The van der Waals surface area contributed by atoms with E-state index < -0.39 is 12.4 Å². The fraction of sp³-hybridized carbons (Fsp3) is 0.385. The van der Waals surface area contributed by atoms with E-state index in [2.05, 4.69) is 0 Å². The first-order valence-electron chi connectivity index (χ1n) is 5.46. The van der Waals surface area contributed by atoms with Gasteiger partial charge in [0, 0.05) is 5.56 Å². The van der Waals surface area contributed by atoms with Crippen molar-refractivity contribution in [1.29, 1.82) is 5.26 Å². The van der Waals surface area contributed by atoms with Gasteiger partial charge in [-0.05, 0) is 31.0 Å². The third kappa shape index (κ3) is 3.27. The molecule has 1 aromatic carbocycles. The number of alkyl halides is 2. The highest BCUT2D eigenvalue weighted by Crippen LogP contribution is 2.26. The number of benzene rings is 1. The third-order valence-corrected chi connectivity index (χ3v) is 2.49. The van der Waals surface area contributed by atoms with Crippen LogP contribution in [-0.4, -0.2) is 12.6 Å². The Bertz CT molecular complexity index is 492. The van der Waals surface area contributed by atoms with E-state index >= 15 is 0 Å². The maximum atomic E-state index is 12.7. The van der Waals surface area contributed by atoms with Gasteiger partial charge in [0.1, 0.15) is 0 Å². The summed E-state index contributed by atoms with van der Waals surface area (Å²) in [5, 5.41) is 8.91. The lowest BCUT2D eigenvalue weighted by Gasteiger charge is -2.10. The van der Waals surface area contributed by atoms with Crippen molar-refractivity contribution in [3.05, 3.63) is 34.4 Å². The van der Waals surface area contributed by atoms with Gasteiger partial charge in [0.25, 0.3) is 6.43 Å². The van der Waals surface area contributed by atoms with Crippen LogP contribution in [-0.2, 0) is 16.0 Å². The number of hydrogen-bond donors (Lipinski definition) is 0. The quantitative estimate of drug-likeness (QED) is 0.775. The molecule has 0 unspecified atom stereocenters. The molecule has 96 valence electrons. The summed E-state index contributed by atoms with van der Waals surface area (Å²) >= 11 is 0. The molecule has 3 nitrogen and oxygen atoms in total. The van der Waals surface area contributed by atoms with E-state index in [-0.39, 0.29) is 24.2 Å². The van der Waals surface area contributed by atoms with Crippen LogP contribution in [0, 0.1) is 18.3 Å². The number of carbonyl (C=O) groups excluding carboxylic acids is 1. The summed E-state index contributed by atoms with van der Waals surface area (Å²) in [6.45, 7) is 3.44. The van der Waals surface area contributed by atoms with Gasteiger partial charge in [0.15, 0.2) is 0 Å². The fourth-order valence-electron chi connectivity index (χ4n) is 1.64. The van der Waals surface area contributed by atoms with Crippen molar-refractivity contribution in [1.82, 2.24) is 0 Å². The first-order chi connectivity index (χ1) is 8.49. The first-order valence-corrected chi connectivity index (χ1v) is 5.46. The van der Waals surface area contributed by atoms with Crippen LogP contribution in [0.4, 0.5) is 8.78 Å². The smallest absolute Gasteiger partial charge is 0.310 e. The molecule has 0 aliphatic carbocycles. The van der Waals surface area contributed by atoms with E-state index in [1.54, 1.807) is 6.92 Å². The summed E-state index contributed by atoms with van der Waals surface area (Å²) < 4.78 is 30.1. The van der Waals surface area contributed by atoms with Gasteiger partial charge < -0.3 is 4.74 Å². The van der Waals surface area contributed by atoms with Crippen molar-refractivity contribution in [2.24, 2.45) is 0 Å². The number of hydrogen-bond acceptors (Lipinski definition) is 3. The number of halogens is 2. The number of nitriles is 1. The Kier molecular flexibility index (Phi) is 4.78. The lowest BCUT2D eigenvalue weighted by atomic mass is 9.98. The maximum Gasteiger partial charge on any atom is 0.310 e. The van der Waals surface area contributed by atoms with Gasteiger partial charge in [-0.3, -0.25) is 4.79 Å². The van der Waals surface area contributed by atoms with Crippen LogP contribution in [0.1, 0.15) is 35.6 Å². The second-order valence-corrected chi connectivity index (χ2v) is 3.76. The zero-order chi connectivity index (χ0) is 13.7. The average Bonchev–Trinajstić information content (AvgIpc) is 2.29. The summed E-state index contributed by atoms with van der Waals surface area (Å²) in [5.74, 6) is -0.474. The first kappa shape index (κ1) is 14.1. The van der Waals surface area contributed by atoms with Crippen molar-refractivity contribution < 1.29 is 18.3 Å². The van der Waals surface area contributed by atoms with Crippen LogP contribution in [0.15, 0.2) is 12.1 Å². The largest absolute Gasteiger partial charge is 0.466 e. The molecule has 0 fully saturated rings. The van der Waals surface area contributed by atoms with Gasteiger partial charge >= 0.3 is 5.97 Å². The van der Waals surface area contributed by atoms with Gasteiger partial charge in [0.05, 0.1) is 24.7 Å². The number of aryl methyl sites for hydroxylation is 1. The second kappa shape index (κ2) is 6.10. The Morgan fingerprint density at radius 2 is 2.17 bits per heavy atom. The van der Waals surface area contributed by atoms with Gasteiger partial charge in [-0.2, -0.15) is 5.26 Å². The SMILES string of the molecule is CCOC(=O)Cc1cc(C)c(C(F)F)cc1C#N. The fourth-order valence-corrected chi connectivity index (χ4v) is 1.64. The number of rotatable bonds is 4. The van der Waals surface area contributed by atoms with Crippen molar-refractivity contribution in [2.75, 3.05) is 6.61 Å². The lowest BCUT2D eigenvalue weighted by Crippen LogP contribution is -2.09. The van der Waals surface area contributed by atoms with E-state index in [0.717, 1.165) is 6.07 Å². The highest BCUT2D eigenvalue weighted by atomic mass is 19.3. The van der Waals surface area contributed by atoms with Crippen LogP contribution >= 0.6 is 0 Å². The summed E-state index contributed by atoms with van der Waals surface area (Å²) in [6.07, 6.45) is -2.71. The Hall–Kier alpha value is -1.96. The van der Waals surface area contributed by atoms with Gasteiger partial charge in [-0.15, -0.1) is 0 Å². The van der Waals surface area contributed by atoms with E-state index in [0.29, 0.717) is 11.1 Å². The summed E-state index contributed by atoms with van der Waals surface area (Å²) in [4.78, 5) is 11.3. The molecule has 0 saturated heterocycles. The predicted molar refractivity (Wildman–Crippen MR) is 61.2 cm³/mol. The molecule has 0 spiro atoms. The minimum Gasteiger partial charge on any atom is -0.466 e. The molecule has 0 aromatic heterocycles. The zero-order valence-corrected chi connectivity index (χ0v) is 10.2. The zero-order valence-electron chi connectivity index (χ0n) is 10.2. The molecule has 0 atom stereocenters. The van der Waals surface area contributed by atoms with E-state index in [9.17, 15) is 13.6 Å². The molecule has 0 heterocycles. The highest BCUT2D eigenvalue weighted by Gasteiger charge is 2.16. The molecule has 1 aromatic rings. The molecule has 0 saturated carbocycles. The topological polar surface area (TPSA) is 50.1 Å². The average molecular weight is 253 g/mol. The Morgan fingerprint density at radius 1 is 1.50 bits per heavy atom. The molecule has 0 bridgehead atoms. The molecule has 0 radical (unpaired) electrons. The van der Waals surface area contributed by atoms with Crippen LogP contribution in [0.25, 0.3) is 0 Å². The highest BCUT2D eigenvalue weighted by molar-refractivity contribution is 5.73. The Balaban J connectivity index is 3.10. The molecule has 0 amide bonds. The Morgan fingerprint density at radius 3 is 2.67 bits per heavy atom. The van der Waals surface area contributed by atoms with E-state index in [1.807, 2.05) is 6.07 Å². The molecule has 0 aliphatic heterocycles. The van der Waals surface area contributed by atoms with Gasteiger partial charge in [-0.1, -0.05) is 6.07 Å². The van der Waals surface area contributed by atoms with Crippen molar-refractivity contribution in [3.63, 3.8) is 0 Å². The predicted octanol–water partition coefficient (Wildman–Crippen LogP) is 2.91. The molecular formula is C13H13F2NO2. The van der Waals surface area contributed by atoms with Crippen LogP contribution < -0.4 is 0 Å². The van der Waals surface area contributed by atoms with Gasteiger partial charge in [0.2, 0.25) is 0 Å². The molecule has 18 heavy (non-hydrogen) atoms. The number of esters is 1. The molecule has 0 N–H and O–H groups in total. The molecular weight excluding hydrogens is 240 g/mol. The van der Waals surface area contributed by atoms with E-state index in [4.69, 9.17) is 10.00 Å². The number of nitrogens with zero attached hydrogens (tertiary/aromatic N) is 1. The van der Waals surface area contributed by atoms with Crippen molar-refractivity contribution in [2.45, 2.75) is 26.7 Å². The number of ether oxygens (including phenoxy) is 1. The second-order valence-electron chi connectivity index (χ2n) is 3.76. The molecule has 5 heteroatoms. The Labute approximate surface area is 104 Å². The summed E-state index contributed by atoms with van der Waals surface area (Å²) in [5.41, 5.74) is 0.685. The standard InChI is InChI=1S/C13H13F2NO2/c1-3-18-12(17)6-9-4-8(2)11(13(14)15)5-10(9)7-16/h4-5,13H,3,6H2,1-2H3. The normalized spacial score (nSPS) is 10.2. The molecule has 0 aliphatic rings. The van der Waals surface area contributed by atoms with Crippen LogP contribution in [0.3, 0.4) is 0 Å². The van der Waals surface area contributed by atoms with Crippen LogP contribution in [0.2, 0.25) is 0 Å². The third-order valence-electron chi connectivity index (χ3n) is 2.49. The minimum absolute atomic E-state index is 0.0823. The van der Waals surface area contributed by atoms with Crippen LogP contribution in [0.5, 0.6) is 0 Å². The summed E-state index contributed by atoms with van der Waals surface area (Å²) in [6, 6.07) is 4.40. The van der Waals surface area contributed by atoms with Crippen molar-refractivity contribution >= 4 is 5.97 Å². The lowest BCUT2D eigenvalue weighted by molar-refractivity contribution is -0.142. The minimum atomic E-state index is -2.63.